The molecule has 0 bridgehead atoms. The lowest BCUT2D eigenvalue weighted by molar-refractivity contribution is -0.137. The number of aliphatic carboxylic acids is 1. The fourth-order valence-electron chi connectivity index (χ4n) is 1.01. The third kappa shape index (κ3) is 6.51. The zero-order chi connectivity index (χ0) is 13.3. The zero-order valence-corrected chi connectivity index (χ0v) is 9.37. The molecule has 0 saturated carbocycles. The van der Waals surface area contributed by atoms with E-state index in [0.717, 1.165) is 0 Å². The molecule has 0 aromatic carbocycles. The van der Waals surface area contributed by atoms with Gasteiger partial charge in [0.2, 0.25) is 0 Å². The average Bonchev–Trinajstić information content (AvgIpc) is 2.33. The van der Waals surface area contributed by atoms with Gasteiger partial charge in [-0.1, -0.05) is 0 Å². The fourth-order valence-corrected chi connectivity index (χ4v) is 1.01. The van der Waals surface area contributed by atoms with Gasteiger partial charge >= 0.3 is 5.97 Å². The molecule has 8 nitrogen and oxygen atoms in total. The van der Waals surface area contributed by atoms with E-state index in [4.69, 9.17) is 30.3 Å². The zero-order valence-electron chi connectivity index (χ0n) is 9.37. The van der Waals surface area contributed by atoms with E-state index in [0.29, 0.717) is 0 Å². The van der Waals surface area contributed by atoms with Crippen LogP contribution in [0.25, 0.3) is 0 Å². The average molecular weight is 253 g/mol. The Balaban J connectivity index is 4.15. The molecule has 0 aliphatic rings. The summed E-state index contributed by atoms with van der Waals surface area (Å²) >= 11 is 0. The van der Waals surface area contributed by atoms with Gasteiger partial charge in [0.05, 0.1) is 45.1 Å². The highest BCUT2D eigenvalue weighted by Crippen LogP contribution is 2.04. The summed E-state index contributed by atoms with van der Waals surface area (Å²) in [6.07, 6.45) is -1.05. The van der Waals surface area contributed by atoms with E-state index in [-0.39, 0.29) is 13.2 Å². The molecule has 0 aliphatic heterocycles. The van der Waals surface area contributed by atoms with Crippen LogP contribution in [0.1, 0.15) is 0 Å². The summed E-state index contributed by atoms with van der Waals surface area (Å²) in [4.78, 5) is 10.4. The molecule has 0 rings (SSSR count). The molecule has 0 radical (unpaired) electrons. The Kier molecular flexibility index (Phi) is 7.96. The van der Waals surface area contributed by atoms with Crippen LogP contribution in [0.2, 0.25) is 0 Å². The number of rotatable bonds is 10. The first-order valence-electron chi connectivity index (χ1n) is 5.05. The second-order valence-corrected chi connectivity index (χ2v) is 3.70. The molecule has 0 heterocycles. The summed E-state index contributed by atoms with van der Waals surface area (Å²) in [6.45, 7) is -2.31. The van der Waals surface area contributed by atoms with Gasteiger partial charge in [0.15, 0.2) is 0 Å². The Labute approximate surface area is 98.5 Å². The highest BCUT2D eigenvalue weighted by molar-refractivity contribution is 5.69. The van der Waals surface area contributed by atoms with Crippen LogP contribution in [0.5, 0.6) is 0 Å². The molecular weight excluding hydrogens is 234 g/mol. The SMILES string of the molecule is O=C(O)CNC(CO)(CO)COCC(O)CO. The lowest BCUT2D eigenvalue weighted by atomic mass is 10.0. The summed E-state index contributed by atoms with van der Waals surface area (Å²) in [5, 5.41) is 46.7. The van der Waals surface area contributed by atoms with E-state index in [2.05, 4.69) is 5.32 Å². The fraction of sp³-hybridized carbons (Fsp3) is 0.889. The molecule has 0 aromatic rings. The molecule has 1 atom stereocenters. The van der Waals surface area contributed by atoms with Crippen LogP contribution < -0.4 is 5.32 Å². The van der Waals surface area contributed by atoms with E-state index in [1.54, 1.807) is 0 Å². The second kappa shape index (κ2) is 8.34. The number of hydrogen-bond donors (Lipinski definition) is 6. The number of ether oxygens (including phenoxy) is 1. The van der Waals surface area contributed by atoms with Crippen LogP contribution >= 0.6 is 0 Å². The highest BCUT2D eigenvalue weighted by Gasteiger charge is 2.29. The summed E-state index contributed by atoms with van der Waals surface area (Å²) in [7, 11) is 0. The standard InChI is InChI=1S/C9H19NO7/c11-2-7(14)3-17-6-9(4-12,5-13)10-1-8(15)16/h7,10-14H,1-6H2,(H,15,16). The quantitative estimate of drug-likeness (QED) is 0.239. The minimum absolute atomic E-state index is 0.174. The van der Waals surface area contributed by atoms with Crippen molar-refractivity contribution in [2.24, 2.45) is 0 Å². The first-order valence-corrected chi connectivity index (χ1v) is 5.05. The predicted molar refractivity (Wildman–Crippen MR) is 56.5 cm³/mol. The normalized spacial score (nSPS) is 13.6. The van der Waals surface area contributed by atoms with Crippen molar-refractivity contribution in [3.05, 3.63) is 0 Å². The molecule has 8 heteroatoms. The number of aliphatic hydroxyl groups excluding tert-OH is 4. The van der Waals surface area contributed by atoms with Crippen molar-refractivity contribution in [3.63, 3.8) is 0 Å². The number of hydrogen-bond acceptors (Lipinski definition) is 7. The van der Waals surface area contributed by atoms with E-state index in [9.17, 15) is 4.79 Å². The van der Waals surface area contributed by atoms with Crippen molar-refractivity contribution in [3.8, 4) is 0 Å². The van der Waals surface area contributed by atoms with Gasteiger partial charge in [-0.3, -0.25) is 10.1 Å². The molecule has 1 unspecified atom stereocenters. The lowest BCUT2D eigenvalue weighted by Crippen LogP contribution is -2.57. The van der Waals surface area contributed by atoms with E-state index in [1.807, 2.05) is 0 Å². The van der Waals surface area contributed by atoms with Gasteiger partial charge < -0.3 is 30.3 Å². The van der Waals surface area contributed by atoms with E-state index < -0.39 is 44.0 Å². The molecule has 0 fully saturated rings. The van der Waals surface area contributed by atoms with Crippen molar-refractivity contribution >= 4 is 5.97 Å². The van der Waals surface area contributed by atoms with Gasteiger partial charge in [0, 0.05) is 0 Å². The van der Waals surface area contributed by atoms with E-state index >= 15 is 0 Å². The summed E-state index contributed by atoms with van der Waals surface area (Å²) in [5.41, 5.74) is -1.28. The van der Waals surface area contributed by atoms with Crippen LogP contribution in [0.15, 0.2) is 0 Å². The molecule has 0 spiro atoms. The molecule has 0 aromatic heterocycles. The van der Waals surface area contributed by atoms with Crippen molar-refractivity contribution in [2.45, 2.75) is 11.6 Å². The van der Waals surface area contributed by atoms with Crippen molar-refractivity contribution in [2.75, 3.05) is 39.6 Å². The number of aliphatic hydroxyl groups is 4. The number of carboxylic acid groups (broad SMARTS) is 1. The Hall–Kier alpha value is -0.770. The van der Waals surface area contributed by atoms with Gasteiger partial charge in [0.1, 0.15) is 6.10 Å². The first kappa shape index (κ1) is 16.2. The predicted octanol–water partition coefficient (Wildman–Crippen LogP) is -3.25. The minimum Gasteiger partial charge on any atom is -0.480 e. The second-order valence-electron chi connectivity index (χ2n) is 3.70. The monoisotopic (exact) mass is 253 g/mol. The Morgan fingerprint density at radius 2 is 1.88 bits per heavy atom. The van der Waals surface area contributed by atoms with E-state index in [1.165, 1.54) is 0 Å². The van der Waals surface area contributed by atoms with Crippen LogP contribution in [0.4, 0.5) is 0 Å². The van der Waals surface area contributed by atoms with Gasteiger partial charge in [-0.2, -0.15) is 0 Å². The first-order chi connectivity index (χ1) is 7.99. The maximum Gasteiger partial charge on any atom is 0.317 e. The summed E-state index contributed by atoms with van der Waals surface area (Å²) in [6, 6.07) is 0. The van der Waals surface area contributed by atoms with Crippen molar-refractivity contribution < 1.29 is 35.1 Å². The molecule has 0 amide bonds. The molecule has 17 heavy (non-hydrogen) atoms. The largest absolute Gasteiger partial charge is 0.480 e. The molecular formula is C9H19NO7. The third-order valence-corrected chi connectivity index (χ3v) is 2.12. The van der Waals surface area contributed by atoms with Crippen molar-refractivity contribution in [1.29, 1.82) is 0 Å². The maximum absolute atomic E-state index is 10.4. The molecule has 102 valence electrons. The van der Waals surface area contributed by atoms with Crippen LogP contribution in [0.3, 0.4) is 0 Å². The number of carbonyl (C=O) groups is 1. The molecule has 0 aliphatic carbocycles. The lowest BCUT2D eigenvalue weighted by Gasteiger charge is -2.30. The Morgan fingerprint density at radius 3 is 2.29 bits per heavy atom. The maximum atomic E-state index is 10.4. The number of nitrogens with one attached hydrogen (secondary N) is 1. The highest BCUT2D eigenvalue weighted by atomic mass is 16.5. The topological polar surface area (TPSA) is 139 Å². The number of carboxylic acids is 1. The molecule has 0 saturated heterocycles. The van der Waals surface area contributed by atoms with Crippen LogP contribution in [0, 0.1) is 0 Å². The smallest absolute Gasteiger partial charge is 0.317 e. The van der Waals surface area contributed by atoms with Gasteiger partial charge in [-0.15, -0.1) is 0 Å². The van der Waals surface area contributed by atoms with Gasteiger partial charge in [-0.05, 0) is 0 Å². The van der Waals surface area contributed by atoms with Crippen molar-refractivity contribution in [1.82, 2.24) is 5.32 Å². The van der Waals surface area contributed by atoms with Gasteiger partial charge in [-0.25, -0.2) is 0 Å². The third-order valence-electron chi connectivity index (χ3n) is 2.12. The Bertz CT molecular complexity index is 219. The van der Waals surface area contributed by atoms with Crippen LogP contribution in [-0.2, 0) is 9.53 Å². The summed E-state index contributed by atoms with van der Waals surface area (Å²) < 4.78 is 4.98. The van der Waals surface area contributed by atoms with Gasteiger partial charge in [0.25, 0.3) is 0 Å². The Morgan fingerprint density at radius 1 is 1.29 bits per heavy atom. The van der Waals surface area contributed by atoms with Crippen LogP contribution in [-0.4, -0.2) is 82.7 Å². The minimum atomic E-state index is -1.28. The molecule has 6 N–H and O–H groups in total. The summed E-state index contributed by atoms with van der Waals surface area (Å²) in [5.74, 6) is -1.13.